The standard InChI is InChI=1S/C11H20N4/c1-11(2,3)7-8-6-9(12)14-10(13-8)15(4)5/h6H,7H2,1-5H3,(H2,12,13,14). The van der Waals surface area contributed by atoms with Crippen LogP contribution < -0.4 is 10.6 Å². The third-order valence-corrected chi connectivity index (χ3v) is 1.90. The third kappa shape index (κ3) is 3.73. The molecule has 0 aliphatic carbocycles. The quantitative estimate of drug-likeness (QED) is 0.804. The van der Waals surface area contributed by atoms with E-state index in [0.29, 0.717) is 11.8 Å². The molecule has 0 aliphatic heterocycles. The van der Waals surface area contributed by atoms with Gasteiger partial charge in [0.05, 0.1) is 0 Å². The summed E-state index contributed by atoms with van der Waals surface area (Å²) in [7, 11) is 3.82. The molecule has 1 aromatic rings. The van der Waals surface area contributed by atoms with E-state index >= 15 is 0 Å². The second-order valence-electron chi connectivity index (χ2n) is 5.22. The highest BCUT2D eigenvalue weighted by atomic mass is 15.2. The highest BCUT2D eigenvalue weighted by Gasteiger charge is 2.14. The van der Waals surface area contributed by atoms with Crippen LogP contribution in [-0.2, 0) is 6.42 Å². The molecule has 1 heterocycles. The fourth-order valence-electron chi connectivity index (χ4n) is 1.34. The van der Waals surface area contributed by atoms with Gasteiger partial charge < -0.3 is 10.6 Å². The average Bonchev–Trinajstić information content (AvgIpc) is 1.99. The normalized spacial score (nSPS) is 11.5. The van der Waals surface area contributed by atoms with Crippen LogP contribution in [0.2, 0.25) is 0 Å². The summed E-state index contributed by atoms with van der Waals surface area (Å²) in [5.74, 6) is 1.21. The average molecular weight is 208 g/mol. The molecular formula is C11H20N4. The summed E-state index contributed by atoms with van der Waals surface area (Å²) in [6, 6.07) is 1.85. The Labute approximate surface area is 91.5 Å². The van der Waals surface area contributed by atoms with Crippen LogP contribution in [0.1, 0.15) is 26.5 Å². The monoisotopic (exact) mass is 208 g/mol. The first-order valence-electron chi connectivity index (χ1n) is 5.09. The summed E-state index contributed by atoms with van der Waals surface area (Å²) in [6.07, 6.45) is 0.903. The van der Waals surface area contributed by atoms with Crippen LogP contribution in [-0.4, -0.2) is 24.1 Å². The Morgan fingerprint density at radius 1 is 1.27 bits per heavy atom. The minimum absolute atomic E-state index is 0.213. The van der Waals surface area contributed by atoms with Gasteiger partial charge in [-0.05, 0) is 11.8 Å². The summed E-state index contributed by atoms with van der Waals surface area (Å²) in [5.41, 5.74) is 6.95. The van der Waals surface area contributed by atoms with Gasteiger partial charge in [0.2, 0.25) is 5.95 Å². The van der Waals surface area contributed by atoms with Crippen molar-refractivity contribution in [3.05, 3.63) is 11.8 Å². The van der Waals surface area contributed by atoms with Crippen molar-refractivity contribution in [2.75, 3.05) is 24.7 Å². The molecule has 2 N–H and O–H groups in total. The number of rotatable bonds is 2. The molecule has 0 atom stereocenters. The molecule has 0 saturated carbocycles. The lowest BCUT2D eigenvalue weighted by molar-refractivity contribution is 0.406. The van der Waals surface area contributed by atoms with Crippen LogP contribution in [0.15, 0.2) is 6.07 Å². The molecule has 0 amide bonds. The summed E-state index contributed by atoms with van der Waals surface area (Å²) in [4.78, 5) is 10.5. The van der Waals surface area contributed by atoms with Crippen LogP contribution in [0.4, 0.5) is 11.8 Å². The maximum atomic E-state index is 5.74. The van der Waals surface area contributed by atoms with E-state index in [1.54, 1.807) is 0 Å². The lowest BCUT2D eigenvalue weighted by Gasteiger charge is -2.19. The SMILES string of the molecule is CN(C)c1nc(N)cc(CC(C)(C)C)n1. The molecule has 84 valence electrons. The van der Waals surface area contributed by atoms with E-state index in [9.17, 15) is 0 Å². The Bertz CT molecular complexity index is 339. The van der Waals surface area contributed by atoms with E-state index in [-0.39, 0.29) is 5.41 Å². The molecule has 0 saturated heterocycles. The lowest BCUT2D eigenvalue weighted by Crippen LogP contribution is -2.17. The Morgan fingerprint density at radius 2 is 1.87 bits per heavy atom. The molecule has 15 heavy (non-hydrogen) atoms. The minimum Gasteiger partial charge on any atom is -0.384 e. The van der Waals surface area contributed by atoms with Crippen molar-refractivity contribution in [1.82, 2.24) is 9.97 Å². The number of nitrogen functional groups attached to an aromatic ring is 1. The zero-order valence-electron chi connectivity index (χ0n) is 10.2. The van der Waals surface area contributed by atoms with Crippen molar-refractivity contribution in [2.24, 2.45) is 5.41 Å². The number of hydrogen-bond donors (Lipinski definition) is 1. The molecule has 0 aromatic carbocycles. The van der Waals surface area contributed by atoms with Gasteiger partial charge in [0.1, 0.15) is 5.82 Å². The van der Waals surface area contributed by atoms with E-state index in [2.05, 4.69) is 30.7 Å². The zero-order valence-corrected chi connectivity index (χ0v) is 10.2. The van der Waals surface area contributed by atoms with Gasteiger partial charge >= 0.3 is 0 Å². The molecule has 0 fully saturated rings. The Kier molecular flexibility index (Phi) is 3.17. The molecule has 4 heteroatoms. The van der Waals surface area contributed by atoms with Gasteiger partial charge in [-0.1, -0.05) is 20.8 Å². The van der Waals surface area contributed by atoms with Crippen LogP contribution in [0.5, 0.6) is 0 Å². The minimum atomic E-state index is 0.213. The van der Waals surface area contributed by atoms with E-state index < -0.39 is 0 Å². The van der Waals surface area contributed by atoms with Gasteiger partial charge in [0.15, 0.2) is 0 Å². The summed E-state index contributed by atoms with van der Waals surface area (Å²) >= 11 is 0. The van der Waals surface area contributed by atoms with Gasteiger partial charge in [0, 0.05) is 25.9 Å². The summed E-state index contributed by atoms with van der Waals surface area (Å²) < 4.78 is 0. The van der Waals surface area contributed by atoms with Crippen LogP contribution in [0, 0.1) is 5.41 Å². The fraction of sp³-hybridized carbons (Fsp3) is 0.636. The van der Waals surface area contributed by atoms with Crippen molar-refractivity contribution >= 4 is 11.8 Å². The molecule has 1 rings (SSSR count). The predicted octanol–water partition coefficient (Wildman–Crippen LogP) is 1.71. The van der Waals surface area contributed by atoms with Crippen molar-refractivity contribution in [3.8, 4) is 0 Å². The summed E-state index contributed by atoms with van der Waals surface area (Å²) in [6.45, 7) is 6.54. The van der Waals surface area contributed by atoms with E-state index in [1.165, 1.54) is 0 Å². The molecule has 0 unspecified atom stereocenters. The van der Waals surface area contributed by atoms with Crippen LogP contribution >= 0.6 is 0 Å². The number of hydrogen-bond acceptors (Lipinski definition) is 4. The van der Waals surface area contributed by atoms with Gasteiger partial charge in [-0.15, -0.1) is 0 Å². The first kappa shape index (κ1) is 11.8. The van der Waals surface area contributed by atoms with Gasteiger partial charge in [-0.25, -0.2) is 4.98 Å². The molecule has 0 spiro atoms. The summed E-state index contributed by atoms with van der Waals surface area (Å²) in [5, 5.41) is 0. The highest BCUT2D eigenvalue weighted by molar-refractivity contribution is 5.39. The van der Waals surface area contributed by atoms with E-state index in [1.807, 2.05) is 25.1 Å². The van der Waals surface area contributed by atoms with Crippen molar-refractivity contribution in [2.45, 2.75) is 27.2 Å². The largest absolute Gasteiger partial charge is 0.384 e. The number of anilines is 2. The Morgan fingerprint density at radius 3 is 2.33 bits per heavy atom. The smallest absolute Gasteiger partial charge is 0.226 e. The number of nitrogens with two attached hydrogens (primary N) is 1. The van der Waals surface area contributed by atoms with Gasteiger partial charge in [-0.2, -0.15) is 4.98 Å². The van der Waals surface area contributed by atoms with Gasteiger partial charge in [-0.3, -0.25) is 0 Å². The number of nitrogens with zero attached hydrogens (tertiary/aromatic N) is 3. The first-order chi connectivity index (χ1) is 6.78. The third-order valence-electron chi connectivity index (χ3n) is 1.90. The topological polar surface area (TPSA) is 55.0 Å². The van der Waals surface area contributed by atoms with Crippen molar-refractivity contribution < 1.29 is 0 Å². The molecular weight excluding hydrogens is 188 g/mol. The maximum Gasteiger partial charge on any atom is 0.226 e. The Hall–Kier alpha value is -1.32. The zero-order chi connectivity index (χ0) is 11.6. The predicted molar refractivity (Wildman–Crippen MR) is 63.9 cm³/mol. The maximum absolute atomic E-state index is 5.74. The molecule has 1 aromatic heterocycles. The molecule has 0 radical (unpaired) electrons. The van der Waals surface area contributed by atoms with Crippen LogP contribution in [0.25, 0.3) is 0 Å². The van der Waals surface area contributed by atoms with Gasteiger partial charge in [0.25, 0.3) is 0 Å². The second kappa shape index (κ2) is 4.04. The van der Waals surface area contributed by atoms with Crippen LogP contribution in [0.3, 0.4) is 0 Å². The van der Waals surface area contributed by atoms with E-state index in [0.717, 1.165) is 12.1 Å². The van der Waals surface area contributed by atoms with E-state index in [4.69, 9.17) is 5.73 Å². The molecule has 0 aliphatic rings. The second-order valence-corrected chi connectivity index (χ2v) is 5.22. The number of aromatic nitrogens is 2. The highest BCUT2D eigenvalue weighted by Crippen LogP contribution is 2.21. The molecule has 4 nitrogen and oxygen atoms in total. The molecule has 0 bridgehead atoms. The fourth-order valence-corrected chi connectivity index (χ4v) is 1.34. The van der Waals surface area contributed by atoms with Crippen molar-refractivity contribution in [1.29, 1.82) is 0 Å². The Balaban J connectivity index is 2.99. The first-order valence-corrected chi connectivity index (χ1v) is 5.09. The van der Waals surface area contributed by atoms with Crippen molar-refractivity contribution in [3.63, 3.8) is 0 Å². The lowest BCUT2D eigenvalue weighted by atomic mass is 9.90.